The van der Waals surface area contributed by atoms with Gasteiger partial charge in [-0.3, -0.25) is 0 Å². The molecule has 1 aliphatic carbocycles. The van der Waals surface area contributed by atoms with Crippen LogP contribution in [0.2, 0.25) is 0 Å². The minimum Gasteiger partial charge on any atom is -0.505 e. The van der Waals surface area contributed by atoms with E-state index in [0.717, 1.165) is 0 Å². The van der Waals surface area contributed by atoms with Crippen LogP contribution in [-0.2, 0) is 4.74 Å². The first kappa shape index (κ1) is 9.16. The molecule has 5 heteroatoms. The van der Waals surface area contributed by atoms with Crippen molar-refractivity contribution in [1.82, 2.24) is 0 Å². The van der Waals surface area contributed by atoms with Gasteiger partial charge in [0.15, 0.2) is 11.5 Å². The van der Waals surface area contributed by atoms with E-state index in [1.54, 1.807) is 6.08 Å². The lowest BCUT2D eigenvalue weighted by Crippen LogP contribution is -2.20. The number of hydrogen-bond donors (Lipinski definition) is 3. The van der Waals surface area contributed by atoms with Crippen molar-refractivity contribution in [2.75, 3.05) is 7.11 Å². The van der Waals surface area contributed by atoms with Crippen molar-refractivity contribution in [3.8, 4) is 0 Å². The van der Waals surface area contributed by atoms with Gasteiger partial charge in [-0.15, -0.1) is 0 Å². The third-order valence-corrected chi connectivity index (χ3v) is 1.81. The monoisotopic (exact) mass is 170 g/mol. The fourth-order valence-corrected chi connectivity index (χ4v) is 1.16. The molecule has 4 nitrogen and oxygen atoms in total. The molecule has 12 heavy (non-hydrogen) atoms. The van der Waals surface area contributed by atoms with Crippen molar-refractivity contribution in [2.24, 2.45) is 0 Å². The first-order valence-corrected chi connectivity index (χ1v) is 3.69. The lowest BCUT2D eigenvalue weighted by atomic mass is 9.74. The summed E-state index contributed by atoms with van der Waals surface area (Å²) in [6, 6.07) is 0. The van der Waals surface area contributed by atoms with E-state index in [9.17, 15) is 5.11 Å². The number of aliphatic hydroxyl groups is 1. The van der Waals surface area contributed by atoms with Crippen LogP contribution in [0.25, 0.3) is 0 Å². The Kier molecular flexibility index (Phi) is 2.78. The van der Waals surface area contributed by atoms with Gasteiger partial charge in [-0.05, 0) is 18.9 Å². The second-order valence-electron chi connectivity index (χ2n) is 2.56. The van der Waals surface area contributed by atoms with Gasteiger partial charge in [0.25, 0.3) is 0 Å². The summed E-state index contributed by atoms with van der Waals surface area (Å²) in [5.41, 5.74) is 0.217. The van der Waals surface area contributed by atoms with Crippen LogP contribution in [-0.4, -0.2) is 29.4 Å². The summed E-state index contributed by atoms with van der Waals surface area (Å²) in [6.07, 6.45) is 2.82. The molecule has 66 valence electrons. The fraction of sp³-hybridized carbons (Fsp3) is 0.429. The Balaban J connectivity index is 2.90. The first-order valence-electron chi connectivity index (χ1n) is 3.69. The molecule has 1 aliphatic rings. The molecular formula is C7H11BO4. The molecule has 0 atom stereocenters. The minimum atomic E-state index is -1.59. The van der Waals surface area contributed by atoms with E-state index < -0.39 is 7.12 Å². The number of rotatable bonds is 2. The highest BCUT2D eigenvalue weighted by atomic mass is 16.5. The Hall–Kier alpha value is -0.935. The van der Waals surface area contributed by atoms with Gasteiger partial charge < -0.3 is 19.9 Å². The molecule has 0 radical (unpaired) electrons. The molecule has 0 aromatic heterocycles. The number of hydrogen-bond acceptors (Lipinski definition) is 4. The maximum absolute atomic E-state index is 9.37. The van der Waals surface area contributed by atoms with Gasteiger partial charge in [0.05, 0.1) is 7.11 Å². The molecule has 0 heterocycles. The van der Waals surface area contributed by atoms with Crippen molar-refractivity contribution in [1.29, 1.82) is 0 Å². The highest BCUT2D eigenvalue weighted by Gasteiger charge is 2.24. The number of aliphatic hydroxyl groups excluding tert-OH is 1. The Labute approximate surface area is 70.9 Å². The van der Waals surface area contributed by atoms with E-state index in [1.165, 1.54) is 7.11 Å². The van der Waals surface area contributed by atoms with Gasteiger partial charge in [0.1, 0.15) is 0 Å². The zero-order valence-electron chi connectivity index (χ0n) is 6.82. The van der Waals surface area contributed by atoms with Gasteiger partial charge in [-0.1, -0.05) is 0 Å². The molecule has 0 saturated carbocycles. The topological polar surface area (TPSA) is 69.9 Å². The SMILES string of the molecule is COC1=CCCC(B(O)O)=C1O. The van der Waals surface area contributed by atoms with Crippen molar-refractivity contribution in [3.63, 3.8) is 0 Å². The van der Waals surface area contributed by atoms with Gasteiger partial charge in [0.2, 0.25) is 0 Å². The molecule has 0 bridgehead atoms. The number of methoxy groups -OCH3 is 1. The Morgan fingerprint density at radius 3 is 2.67 bits per heavy atom. The minimum absolute atomic E-state index is 0.154. The zero-order chi connectivity index (χ0) is 9.14. The predicted octanol–water partition coefficient (Wildman–Crippen LogP) is 0.135. The van der Waals surface area contributed by atoms with Crippen molar-refractivity contribution < 1.29 is 19.9 Å². The van der Waals surface area contributed by atoms with Crippen LogP contribution in [0.1, 0.15) is 12.8 Å². The molecular weight excluding hydrogens is 159 g/mol. The summed E-state index contributed by atoms with van der Waals surface area (Å²) in [7, 11) is -0.168. The van der Waals surface area contributed by atoms with Gasteiger partial charge in [-0.2, -0.15) is 0 Å². The quantitative estimate of drug-likeness (QED) is 0.515. The van der Waals surface area contributed by atoms with Gasteiger partial charge >= 0.3 is 7.12 Å². The largest absolute Gasteiger partial charge is 0.505 e. The standard InChI is InChI=1S/C7H11BO4/c1-12-6-4-2-3-5(7(6)9)8(10)11/h4,9-11H,2-3H2,1H3. The zero-order valence-corrected chi connectivity index (χ0v) is 6.82. The van der Waals surface area contributed by atoms with E-state index in [1.807, 2.05) is 0 Å². The number of allylic oxidation sites excluding steroid dienone is 2. The molecule has 0 unspecified atom stereocenters. The van der Waals surface area contributed by atoms with Crippen LogP contribution in [0.15, 0.2) is 23.1 Å². The summed E-state index contributed by atoms with van der Waals surface area (Å²) in [5, 5.41) is 27.0. The highest BCUT2D eigenvalue weighted by Crippen LogP contribution is 2.23. The molecule has 0 amide bonds. The van der Waals surface area contributed by atoms with Crippen molar-refractivity contribution in [3.05, 3.63) is 23.1 Å². The molecule has 0 saturated heterocycles. The average Bonchev–Trinajstić information content (AvgIpc) is 2.04. The van der Waals surface area contributed by atoms with E-state index in [0.29, 0.717) is 18.6 Å². The normalized spacial score (nSPS) is 17.4. The summed E-state index contributed by atoms with van der Waals surface area (Å²) in [5.74, 6) is 0.156. The van der Waals surface area contributed by atoms with Crippen molar-refractivity contribution >= 4 is 7.12 Å². The fourth-order valence-electron chi connectivity index (χ4n) is 1.16. The predicted molar refractivity (Wildman–Crippen MR) is 44.2 cm³/mol. The second-order valence-corrected chi connectivity index (χ2v) is 2.56. The lowest BCUT2D eigenvalue weighted by molar-refractivity contribution is 0.248. The lowest BCUT2D eigenvalue weighted by Gasteiger charge is -2.15. The molecule has 1 rings (SSSR count). The second kappa shape index (κ2) is 3.64. The number of ether oxygens (including phenoxy) is 1. The van der Waals surface area contributed by atoms with Crippen LogP contribution in [0, 0.1) is 0 Å². The third kappa shape index (κ3) is 1.62. The smallest absolute Gasteiger partial charge is 0.488 e. The van der Waals surface area contributed by atoms with E-state index in [4.69, 9.17) is 14.8 Å². The highest BCUT2D eigenvalue weighted by molar-refractivity contribution is 6.51. The van der Waals surface area contributed by atoms with E-state index in [2.05, 4.69) is 0 Å². The molecule has 0 spiro atoms. The summed E-state index contributed by atoms with van der Waals surface area (Å²) < 4.78 is 4.81. The Morgan fingerprint density at radius 1 is 1.50 bits per heavy atom. The van der Waals surface area contributed by atoms with Crippen LogP contribution in [0.3, 0.4) is 0 Å². The van der Waals surface area contributed by atoms with Crippen molar-refractivity contribution in [2.45, 2.75) is 12.8 Å². The summed E-state index contributed by atoms with van der Waals surface area (Å²) in [6.45, 7) is 0. The Morgan fingerprint density at radius 2 is 2.17 bits per heavy atom. The first-order chi connectivity index (χ1) is 5.66. The maximum Gasteiger partial charge on any atom is 0.488 e. The third-order valence-electron chi connectivity index (χ3n) is 1.81. The molecule has 0 aromatic carbocycles. The summed E-state index contributed by atoms with van der Waals surface area (Å²) in [4.78, 5) is 0. The van der Waals surface area contributed by atoms with Gasteiger partial charge in [-0.25, -0.2) is 0 Å². The average molecular weight is 170 g/mol. The van der Waals surface area contributed by atoms with E-state index >= 15 is 0 Å². The van der Waals surface area contributed by atoms with Gasteiger partial charge in [0, 0.05) is 5.47 Å². The molecule has 0 aliphatic heterocycles. The van der Waals surface area contributed by atoms with Crippen LogP contribution >= 0.6 is 0 Å². The molecule has 0 aromatic rings. The van der Waals surface area contributed by atoms with Crippen LogP contribution in [0.4, 0.5) is 0 Å². The van der Waals surface area contributed by atoms with E-state index in [-0.39, 0.29) is 11.2 Å². The maximum atomic E-state index is 9.37. The Bertz CT molecular complexity index is 232. The summed E-state index contributed by atoms with van der Waals surface area (Å²) >= 11 is 0. The van der Waals surface area contributed by atoms with Crippen LogP contribution in [0.5, 0.6) is 0 Å². The van der Waals surface area contributed by atoms with Crippen LogP contribution < -0.4 is 0 Å². The molecule has 3 N–H and O–H groups in total. The molecule has 0 fully saturated rings.